The number of nitrogens with one attached hydrogen (secondary N) is 1. The molecule has 0 aliphatic rings. The van der Waals surface area contributed by atoms with Crippen molar-refractivity contribution in [3.8, 4) is 0 Å². The van der Waals surface area contributed by atoms with Crippen LogP contribution in [-0.4, -0.2) is 74.1 Å². The number of amides is 1. The van der Waals surface area contributed by atoms with E-state index in [4.69, 9.17) is 18.0 Å². The van der Waals surface area contributed by atoms with Gasteiger partial charge in [-0.1, -0.05) is 80.5 Å². The minimum atomic E-state index is -2.47. The maximum Gasteiger partial charge on any atom is 0.256 e. The van der Waals surface area contributed by atoms with E-state index in [1.807, 2.05) is 30.3 Å². The Hall–Kier alpha value is -0.859. The Morgan fingerprint density at radius 2 is 1.12 bits per heavy atom. The zero-order valence-electron chi connectivity index (χ0n) is 28.9. The third kappa shape index (κ3) is 10.1. The minimum absolute atomic E-state index is 0.0942. The van der Waals surface area contributed by atoms with Gasteiger partial charge in [-0.05, 0) is 66.5 Å². The Bertz CT molecular complexity index is 965. The van der Waals surface area contributed by atoms with Gasteiger partial charge in [0.05, 0.1) is 12.7 Å². The molecule has 1 amide bonds. The van der Waals surface area contributed by atoms with Gasteiger partial charge in [-0.25, -0.2) is 0 Å². The van der Waals surface area contributed by atoms with Crippen LogP contribution in [0.2, 0.25) is 54.4 Å². The number of carbonyl (C=O) groups is 1. The number of hydrogen-bond donors (Lipinski definition) is 2. The van der Waals surface area contributed by atoms with Crippen LogP contribution in [0.4, 0.5) is 5.69 Å². The first kappa shape index (κ1) is 38.2. The molecule has 0 spiro atoms. The van der Waals surface area contributed by atoms with Gasteiger partial charge in [0.1, 0.15) is 12.2 Å². The number of carbonyl (C=O) groups excluding carboxylic acids is 1. The van der Waals surface area contributed by atoms with E-state index in [1.165, 1.54) is 7.11 Å². The molecule has 0 fully saturated rings. The van der Waals surface area contributed by atoms with E-state index in [2.05, 4.69) is 107 Å². The molecule has 10 heteroatoms. The van der Waals surface area contributed by atoms with Gasteiger partial charge < -0.3 is 28.4 Å². The second-order valence-electron chi connectivity index (χ2n) is 15.8. The van der Waals surface area contributed by atoms with Crippen LogP contribution in [-0.2, 0) is 22.8 Å². The number of para-hydroxylation sites is 1. The van der Waals surface area contributed by atoms with Crippen LogP contribution in [0.15, 0.2) is 30.3 Å². The molecule has 4 atom stereocenters. The third-order valence-corrected chi connectivity index (χ3v) is 22.9. The van der Waals surface area contributed by atoms with E-state index < -0.39 is 49.4 Å². The van der Waals surface area contributed by atoms with Gasteiger partial charge in [0.2, 0.25) is 0 Å². The van der Waals surface area contributed by atoms with Crippen molar-refractivity contribution in [3.05, 3.63) is 30.3 Å². The molecule has 0 heterocycles. The summed E-state index contributed by atoms with van der Waals surface area (Å²) in [5.74, 6) is -0.324. The minimum Gasteiger partial charge on any atom is -0.409 e. The summed E-state index contributed by atoms with van der Waals surface area (Å²) < 4.78 is 27.1. The predicted molar refractivity (Wildman–Crippen MR) is 179 cm³/mol. The lowest BCUT2D eigenvalue weighted by molar-refractivity contribution is -0.143. The van der Waals surface area contributed by atoms with Crippen LogP contribution in [0.25, 0.3) is 0 Å². The van der Waals surface area contributed by atoms with Crippen molar-refractivity contribution in [2.24, 2.45) is 0 Å². The summed E-state index contributed by atoms with van der Waals surface area (Å²) in [5.41, 5.74) is 0.670. The molecular weight excluding hydrogens is 567 g/mol. The highest BCUT2D eigenvalue weighted by Gasteiger charge is 2.52. The highest BCUT2D eigenvalue weighted by molar-refractivity contribution is 6.75. The molecule has 0 aliphatic carbocycles. The van der Waals surface area contributed by atoms with Crippen LogP contribution in [0.5, 0.6) is 0 Å². The molecular formula is C31H61NO6Si3. The van der Waals surface area contributed by atoms with Gasteiger partial charge in [0.15, 0.2) is 31.1 Å². The van der Waals surface area contributed by atoms with Crippen molar-refractivity contribution >= 4 is 36.5 Å². The summed E-state index contributed by atoms with van der Waals surface area (Å²) in [6.07, 6.45) is -3.27. The van der Waals surface area contributed by atoms with Crippen molar-refractivity contribution in [1.29, 1.82) is 0 Å². The molecule has 1 rings (SSSR count). The Morgan fingerprint density at radius 3 is 1.49 bits per heavy atom. The summed E-state index contributed by atoms with van der Waals surface area (Å²) in [5, 5.41) is 13.6. The molecule has 0 aliphatic heterocycles. The first-order valence-electron chi connectivity index (χ1n) is 14.8. The Labute approximate surface area is 254 Å². The van der Waals surface area contributed by atoms with E-state index in [0.717, 1.165) is 0 Å². The maximum absolute atomic E-state index is 13.9. The molecule has 1 aromatic rings. The predicted octanol–water partition coefficient (Wildman–Crippen LogP) is 7.80. The number of aliphatic hydroxyl groups excluding tert-OH is 1. The second-order valence-corrected chi connectivity index (χ2v) is 30.1. The van der Waals surface area contributed by atoms with Crippen molar-refractivity contribution in [2.75, 3.05) is 19.0 Å². The van der Waals surface area contributed by atoms with E-state index >= 15 is 0 Å². The van der Waals surface area contributed by atoms with Gasteiger partial charge in [0.25, 0.3) is 5.91 Å². The number of ether oxygens (including phenoxy) is 1. The van der Waals surface area contributed by atoms with Crippen LogP contribution >= 0.6 is 0 Å². The monoisotopic (exact) mass is 627 g/mol. The first-order chi connectivity index (χ1) is 18.3. The second kappa shape index (κ2) is 13.8. The molecule has 238 valence electrons. The van der Waals surface area contributed by atoms with Gasteiger partial charge in [0, 0.05) is 12.8 Å². The number of hydrogen-bond acceptors (Lipinski definition) is 6. The largest absolute Gasteiger partial charge is 0.409 e. The molecule has 0 radical (unpaired) electrons. The van der Waals surface area contributed by atoms with E-state index in [0.29, 0.717) is 5.69 Å². The molecule has 0 unspecified atom stereocenters. The average Bonchev–Trinajstić information content (AvgIpc) is 2.79. The molecule has 2 N–H and O–H groups in total. The smallest absolute Gasteiger partial charge is 0.256 e. The quantitative estimate of drug-likeness (QED) is 0.217. The topological polar surface area (TPSA) is 86.3 Å². The van der Waals surface area contributed by atoms with E-state index in [9.17, 15) is 9.90 Å². The first-order valence-corrected chi connectivity index (χ1v) is 23.6. The van der Waals surface area contributed by atoms with Crippen molar-refractivity contribution in [1.82, 2.24) is 0 Å². The fraction of sp³-hybridized carbons (Fsp3) is 0.774. The zero-order chi connectivity index (χ0) is 32.2. The Kier molecular flexibility index (Phi) is 12.9. The van der Waals surface area contributed by atoms with Crippen LogP contribution in [0, 0.1) is 0 Å². The number of benzene rings is 1. The zero-order valence-corrected chi connectivity index (χ0v) is 31.9. The number of rotatable bonds is 13. The SMILES string of the molecule is CO[C@H](C(=O)Nc1ccccc1)[C@@H](O[Si](C)(C)C(C)(C)C)[C@H](O[Si](C)(C)C(C)(C)C)[C@H](CO)O[Si](C)(C)C(C)(C)C. The van der Waals surface area contributed by atoms with Crippen LogP contribution < -0.4 is 5.32 Å². The highest BCUT2D eigenvalue weighted by Crippen LogP contribution is 2.43. The molecule has 7 nitrogen and oxygen atoms in total. The standard InChI is InChI=1S/C31H61NO6Si3/c1-29(2,3)39(11,12)36-24(22-33)25(37-40(13,14)30(4,5)6)26(38-41(15,16)31(7,8)9)27(35-10)28(34)32-23-20-18-17-19-21-23/h17-21,24-27,33H,22H2,1-16H3,(H,32,34)/t24-,25+,26-,27-/m0/s1. The summed E-state index contributed by atoms with van der Waals surface area (Å²) in [7, 11) is -5.75. The number of anilines is 1. The fourth-order valence-electron chi connectivity index (χ4n) is 3.58. The lowest BCUT2D eigenvalue weighted by Crippen LogP contribution is -2.63. The van der Waals surface area contributed by atoms with E-state index in [-0.39, 0.29) is 27.6 Å². The van der Waals surface area contributed by atoms with E-state index in [1.54, 1.807) is 0 Å². The summed E-state index contributed by atoms with van der Waals surface area (Å²) >= 11 is 0. The average molecular weight is 628 g/mol. The highest BCUT2D eigenvalue weighted by atomic mass is 28.4. The van der Waals surface area contributed by atoms with Crippen molar-refractivity contribution in [3.63, 3.8) is 0 Å². The Morgan fingerprint density at radius 1 is 0.732 bits per heavy atom. The molecule has 0 saturated heterocycles. The molecule has 0 bridgehead atoms. The summed E-state index contributed by atoms with van der Waals surface area (Å²) in [6, 6.07) is 9.34. The normalized spacial score (nSPS) is 17.1. The fourth-order valence-corrected chi connectivity index (χ4v) is 7.51. The van der Waals surface area contributed by atoms with Crippen LogP contribution in [0.1, 0.15) is 62.3 Å². The molecule has 1 aromatic carbocycles. The lowest BCUT2D eigenvalue weighted by atomic mass is 10.0. The van der Waals surface area contributed by atoms with Gasteiger partial charge >= 0.3 is 0 Å². The van der Waals surface area contributed by atoms with Gasteiger partial charge in [-0.15, -0.1) is 0 Å². The van der Waals surface area contributed by atoms with Gasteiger partial charge in [-0.2, -0.15) is 0 Å². The maximum atomic E-state index is 13.9. The number of methoxy groups -OCH3 is 1. The summed E-state index contributed by atoms with van der Waals surface area (Å²) in [6.45, 7) is 32.3. The van der Waals surface area contributed by atoms with Crippen LogP contribution in [0.3, 0.4) is 0 Å². The number of aliphatic hydroxyl groups is 1. The molecule has 0 saturated carbocycles. The van der Waals surface area contributed by atoms with Crippen molar-refractivity contribution < 1.29 is 27.9 Å². The lowest BCUT2D eigenvalue weighted by Gasteiger charge is -2.49. The van der Waals surface area contributed by atoms with Gasteiger partial charge in [-0.3, -0.25) is 4.79 Å². The van der Waals surface area contributed by atoms with Crippen molar-refractivity contribution in [2.45, 2.75) is 141 Å². The third-order valence-electron chi connectivity index (χ3n) is 9.45. The Balaban J connectivity index is 3.86. The summed E-state index contributed by atoms with van der Waals surface area (Å²) in [4.78, 5) is 13.9. The molecule has 41 heavy (non-hydrogen) atoms. The molecule has 0 aromatic heterocycles.